The SMILES string of the molecule is CC(C)C(NC(=O)C(N)Cc1ccc(O)cc1)C(=O)NC(CCC(N)=O)C(=O)NC(CCCCN)C(=O)O. The smallest absolute Gasteiger partial charge is 0.326 e. The molecule has 4 amide bonds. The highest BCUT2D eigenvalue weighted by atomic mass is 16.4. The van der Waals surface area contributed by atoms with Crippen molar-refractivity contribution in [2.45, 2.75) is 76.5 Å². The van der Waals surface area contributed by atoms with Crippen molar-refractivity contribution in [3.8, 4) is 5.75 Å². The van der Waals surface area contributed by atoms with Gasteiger partial charge in [-0.15, -0.1) is 0 Å². The maximum absolute atomic E-state index is 13.1. The number of nitrogens with one attached hydrogen (secondary N) is 3. The lowest BCUT2D eigenvalue weighted by molar-refractivity contribution is -0.142. The molecule has 0 saturated carbocycles. The van der Waals surface area contributed by atoms with Crippen molar-refractivity contribution in [1.29, 1.82) is 0 Å². The lowest BCUT2D eigenvalue weighted by Crippen LogP contribution is -2.58. The predicted molar refractivity (Wildman–Crippen MR) is 139 cm³/mol. The van der Waals surface area contributed by atoms with Gasteiger partial charge in [-0.2, -0.15) is 0 Å². The first-order valence-corrected chi connectivity index (χ1v) is 12.5. The second-order valence-corrected chi connectivity index (χ2v) is 9.46. The van der Waals surface area contributed by atoms with Crippen LogP contribution in [0.5, 0.6) is 5.75 Å². The lowest BCUT2D eigenvalue weighted by atomic mass is 10.00. The minimum absolute atomic E-state index is 0.0727. The Bertz CT molecular complexity index is 954. The third-order valence-corrected chi connectivity index (χ3v) is 5.85. The van der Waals surface area contributed by atoms with Crippen molar-refractivity contribution in [1.82, 2.24) is 16.0 Å². The van der Waals surface area contributed by atoms with Crippen LogP contribution in [0.1, 0.15) is 51.5 Å². The van der Waals surface area contributed by atoms with Gasteiger partial charge in [-0.25, -0.2) is 4.79 Å². The molecule has 38 heavy (non-hydrogen) atoms. The fraction of sp³-hybridized carbons (Fsp3) is 0.560. The van der Waals surface area contributed by atoms with Gasteiger partial charge in [-0.3, -0.25) is 19.2 Å². The van der Waals surface area contributed by atoms with Gasteiger partial charge in [-0.1, -0.05) is 26.0 Å². The standard InChI is InChI=1S/C25H40N6O7/c1-14(2)21(31-22(34)17(27)13-15-6-8-16(32)9-7-15)24(36)29-18(10-11-20(28)33)23(35)30-19(25(37)38)5-3-4-12-26/h6-9,14,17-19,21,32H,3-5,10-13,26-27H2,1-2H3,(H2,28,33)(H,29,36)(H,30,35)(H,31,34)(H,37,38). The van der Waals surface area contributed by atoms with Crippen molar-refractivity contribution >= 4 is 29.6 Å². The summed E-state index contributed by atoms with van der Waals surface area (Å²) in [5.41, 5.74) is 17.4. The van der Waals surface area contributed by atoms with Crippen LogP contribution in [0.3, 0.4) is 0 Å². The van der Waals surface area contributed by atoms with Crippen LogP contribution in [-0.4, -0.2) is 70.5 Å². The molecule has 212 valence electrons. The number of aromatic hydroxyl groups is 1. The summed E-state index contributed by atoms with van der Waals surface area (Å²) in [7, 11) is 0. The maximum Gasteiger partial charge on any atom is 0.326 e. The number of carbonyl (C=O) groups is 5. The van der Waals surface area contributed by atoms with Gasteiger partial charge in [0, 0.05) is 6.42 Å². The number of phenolic OH excluding ortho intramolecular Hbond substituents is 1. The van der Waals surface area contributed by atoms with Crippen molar-refractivity contribution in [2.75, 3.05) is 6.54 Å². The van der Waals surface area contributed by atoms with E-state index in [2.05, 4.69) is 16.0 Å². The zero-order chi connectivity index (χ0) is 28.8. The molecule has 0 saturated heterocycles. The van der Waals surface area contributed by atoms with E-state index in [1.807, 2.05) is 0 Å². The number of nitrogens with two attached hydrogens (primary N) is 3. The minimum atomic E-state index is -1.27. The monoisotopic (exact) mass is 536 g/mol. The molecule has 11 N–H and O–H groups in total. The number of aliphatic carboxylic acids is 1. The molecule has 0 bridgehead atoms. The Morgan fingerprint density at radius 3 is 2.00 bits per heavy atom. The van der Waals surface area contributed by atoms with Crippen molar-refractivity contribution in [3.05, 3.63) is 29.8 Å². The van der Waals surface area contributed by atoms with E-state index in [0.29, 0.717) is 24.9 Å². The molecular formula is C25H40N6O7. The highest BCUT2D eigenvalue weighted by Crippen LogP contribution is 2.12. The number of unbranched alkanes of at least 4 members (excludes halogenated alkanes) is 1. The van der Waals surface area contributed by atoms with E-state index in [-0.39, 0.29) is 31.4 Å². The molecule has 0 aliphatic heterocycles. The van der Waals surface area contributed by atoms with E-state index in [1.165, 1.54) is 12.1 Å². The summed E-state index contributed by atoms with van der Waals surface area (Å²) in [6.07, 6.45) is 0.936. The van der Waals surface area contributed by atoms with E-state index in [0.717, 1.165) is 0 Å². The summed E-state index contributed by atoms with van der Waals surface area (Å²) in [5.74, 6) is -4.38. The number of amides is 4. The fourth-order valence-electron chi connectivity index (χ4n) is 3.61. The summed E-state index contributed by atoms with van der Waals surface area (Å²) in [6, 6.07) is 1.64. The number of phenols is 1. The topological polar surface area (TPSA) is 240 Å². The van der Waals surface area contributed by atoms with E-state index >= 15 is 0 Å². The van der Waals surface area contributed by atoms with Crippen LogP contribution in [0.15, 0.2) is 24.3 Å². The molecule has 13 nitrogen and oxygen atoms in total. The number of rotatable bonds is 17. The van der Waals surface area contributed by atoms with Crippen LogP contribution in [0.2, 0.25) is 0 Å². The van der Waals surface area contributed by atoms with Crippen LogP contribution >= 0.6 is 0 Å². The summed E-state index contributed by atoms with van der Waals surface area (Å²) >= 11 is 0. The Kier molecular flexibility index (Phi) is 13.8. The Morgan fingerprint density at radius 1 is 0.868 bits per heavy atom. The predicted octanol–water partition coefficient (Wildman–Crippen LogP) is -1.15. The van der Waals surface area contributed by atoms with E-state index in [1.54, 1.807) is 26.0 Å². The van der Waals surface area contributed by atoms with Gasteiger partial charge in [0.2, 0.25) is 23.6 Å². The normalized spacial score (nSPS) is 14.1. The van der Waals surface area contributed by atoms with Crippen molar-refractivity contribution in [3.63, 3.8) is 0 Å². The second kappa shape index (κ2) is 16.2. The molecule has 0 fully saturated rings. The van der Waals surface area contributed by atoms with Crippen LogP contribution in [0.25, 0.3) is 0 Å². The van der Waals surface area contributed by atoms with E-state index in [9.17, 15) is 34.2 Å². The first kappa shape index (κ1) is 32.3. The fourth-order valence-corrected chi connectivity index (χ4v) is 3.61. The number of carbonyl (C=O) groups excluding carboxylic acids is 4. The zero-order valence-corrected chi connectivity index (χ0v) is 21.8. The Balaban J connectivity index is 2.93. The number of benzene rings is 1. The summed E-state index contributed by atoms with van der Waals surface area (Å²) in [4.78, 5) is 61.7. The minimum Gasteiger partial charge on any atom is -0.508 e. The number of primary amides is 1. The molecule has 1 rings (SSSR count). The summed E-state index contributed by atoms with van der Waals surface area (Å²) in [5, 5.41) is 26.4. The Hall–Kier alpha value is -3.71. The molecule has 0 aromatic heterocycles. The van der Waals surface area contributed by atoms with Crippen molar-refractivity contribution in [2.24, 2.45) is 23.1 Å². The highest BCUT2D eigenvalue weighted by molar-refractivity contribution is 5.94. The number of hydrogen-bond donors (Lipinski definition) is 8. The molecule has 0 radical (unpaired) electrons. The van der Waals surface area contributed by atoms with Gasteiger partial charge in [0.05, 0.1) is 6.04 Å². The van der Waals surface area contributed by atoms with Crippen LogP contribution in [0.4, 0.5) is 0 Å². The zero-order valence-electron chi connectivity index (χ0n) is 21.8. The van der Waals surface area contributed by atoms with Gasteiger partial charge in [0.1, 0.15) is 23.9 Å². The Morgan fingerprint density at radius 2 is 1.47 bits per heavy atom. The first-order chi connectivity index (χ1) is 17.8. The van der Waals surface area contributed by atoms with Gasteiger partial charge >= 0.3 is 5.97 Å². The molecule has 13 heteroatoms. The molecule has 0 spiro atoms. The van der Waals surface area contributed by atoms with E-state index in [4.69, 9.17) is 17.2 Å². The Labute approximate surface area is 221 Å². The lowest BCUT2D eigenvalue weighted by Gasteiger charge is -2.27. The van der Waals surface area contributed by atoms with Gasteiger partial charge in [-0.05, 0) is 62.3 Å². The summed E-state index contributed by atoms with van der Waals surface area (Å²) in [6.45, 7) is 3.75. The quantitative estimate of drug-likeness (QED) is 0.112. The van der Waals surface area contributed by atoms with Gasteiger partial charge in [0.25, 0.3) is 0 Å². The van der Waals surface area contributed by atoms with Crippen LogP contribution < -0.4 is 33.2 Å². The van der Waals surface area contributed by atoms with Gasteiger partial charge in [0.15, 0.2) is 0 Å². The molecule has 4 unspecified atom stereocenters. The number of carboxylic acid groups (broad SMARTS) is 1. The summed E-state index contributed by atoms with van der Waals surface area (Å²) < 4.78 is 0. The molecule has 1 aromatic rings. The average Bonchev–Trinajstić information content (AvgIpc) is 2.84. The van der Waals surface area contributed by atoms with Crippen molar-refractivity contribution < 1.29 is 34.2 Å². The molecular weight excluding hydrogens is 496 g/mol. The molecule has 0 aliphatic rings. The number of carboxylic acids is 1. The first-order valence-electron chi connectivity index (χ1n) is 12.5. The highest BCUT2D eigenvalue weighted by Gasteiger charge is 2.31. The van der Waals surface area contributed by atoms with Gasteiger partial charge < -0.3 is 43.4 Å². The third kappa shape index (κ3) is 11.6. The third-order valence-electron chi connectivity index (χ3n) is 5.85. The molecule has 1 aromatic carbocycles. The van der Waals surface area contributed by atoms with E-state index < -0.39 is 59.7 Å². The molecule has 4 atom stereocenters. The maximum atomic E-state index is 13.1. The largest absolute Gasteiger partial charge is 0.508 e. The average molecular weight is 537 g/mol. The second-order valence-electron chi connectivity index (χ2n) is 9.46. The molecule has 0 aliphatic carbocycles. The number of hydrogen-bond acceptors (Lipinski definition) is 8. The molecule has 0 heterocycles. The van der Waals surface area contributed by atoms with Crippen LogP contribution in [-0.2, 0) is 30.4 Å². The van der Waals surface area contributed by atoms with Crippen LogP contribution in [0, 0.1) is 5.92 Å².